The van der Waals surface area contributed by atoms with Crippen LogP contribution in [0.3, 0.4) is 0 Å². The molecule has 4 heteroatoms. The Balaban J connectivity index is 2.03. The first-order valence-corrected chi connectivity index (χ1v) is 5.50. The summed E-state index contributed by atoms with van der Waals surface area (Å²) in [5.41, 5.74) is 1.42. The predicted octanol–water partition coefficient (Wildman–Crippen LogP) is 2.16. The fraction of sp³-hybridized carbons (Fsp3) is 0.800. The Morgan fingerprint density at radius 3 is 3.00 bits per heavy atom. The zero-order chi connectivity index (χ0) is 10.2. The first kappa shape index (κ1) is 9.97. The minimum absolute atomic E-state index is 0.336. The van der Waals surface area contributed by atoms with Crippen LogP contribution in [-0.4, -0.2) is 20.4 Å². The van der Waals surface area contributed by atoms with Gasteiger partial charge in [0, 0.05) is 18.6 Å². The summed E-state index contributed by atoms with van der Waals surface area (Å²) < 4.78 is 1.76. The highest BCUT2D eigenvalue weighted by Crippen LogP contribution is 2.42. The van der Waals surface area contributed by atoms with Gasteiger partial charge in [0.15, 0.2) is 0 Å². The van der Waals surface area contributed by atoms with Crippen molar-refractivity contribution in [2.45, 2.75) is 38.0 Å². The molecule has 3 nitrogen and oxygen atoms in total. The maximum atomic E-state index is 6.13. The van der Waals surface area contributed by atoms with E-state index in [0.717, 1.165) is 25.0 Å². The predicted molar refractivity (Wildman–Crippen MR) is 56.3 cm³/mol. The van der Waals surface area contributed by atoms with Gasteiger partial charge in [-0.1, -0.05) is 12.1 Å². The van der Waals surface area contributed by atoms with Crippen LogP contribution in [0.5, 0.6) is 0 Å². The minimum atomic E-state index is 0.336. The van der Waals surface area contributed by atoms with E-state index in [1.807, 2.05) is 13.2 Å². The van der Waals surface area contributed by atoms with Crippen LogP contribution >= 0.6 is 11.6 Å². The standard InChI is InChI=1S/C10H16ClN3/c1-10(4-3-8(11)5-10)6-9-7-14(2)13-12-9/h7-8H,3-6H2,1-2H3. The molecule has 1 aromatic heterocycles. The first-order chi connectivity index (χ1) is 6.57. The summed E-state index contributed by atoms with van der Waals surface area (Å²) in [5, 5.41) is 8.42. The average Bonchev–Trinajstić information content (AvgIpc) is 2.60. The number of hydrogen-bond acceptors (Lipinski definition) is 2. The normalized spacial score (nSPS) is 32.4. The number of nitrogens with zero attached hydrogens (tertiary/aromatic N) is 3. The molecule has 2 atom stereocenters. The lowest BCUT2D eigenvalue weighted by Gasteiger charge is -2.21. The van der Waals surface area contributed by atoms with E-state index in [2.05, 4.69) is 17.2 Å². The number of hydrogen-bond donors (Lipinski definition) is 0. The van der Waals surface area contributed by atoms with Crippen molar-refractivity contribution in [1.29, 1.82) is 0 Å². The third-order valence-electron chi connectivity index (χ3n) is 3.03. The van der Waals surface area contributed by atoms with Crippen molar-refractivity contribution in [2.24, 2.45) is 12.5 Å². The summed E-state index contributed by atoms with van der Waals surface area (Å²) in [6.07, 6.45) is 6.44. The zero-order valence-corrected chi connectivity index (χ0v) is 9.46. The lowest BCUT2D eigenvalue weighted by Crippen LogP contribution is -2.16. The molecule has 78 valence electrons. The van der Waals surface area contributed by atoms with Gasteiger partial charge in [-0.2, -0.15) is 0 Å². The molecule has 0 radical (unpaired) electrons. The van der Waals surface area contributed by atoms with Gasteiger partial charge in [-0.25, -0.2) is 0 Å². The summed E-state index contributed by atoms with van der Waals surface area (Å²) in [5.74, 6) is 0. The van der Waals surface area contributed by atoms with E-state index in [1.54, 1.807) is 4.68 Å². The SMILES string of the molecule is Cn1cc(CC2(C)CCC(Cl)C2)nn1. The fourth-order valence-corrected chi connectivity index (χ4v) is 2.80. The summed E-state index contributed by atoms with van der Waals surface area (Å²) in [4.78, 5) is 0. The Bertz CT molecular complexity index is 323. The molecule has 0 saturated heterocycles. The number of halogens is 1. The third kappa shape index (κ3) is 2.08. The van der Waals surface area contributed by atoms with E-state index < -0.39 is 0 Å². The van der Waals surface area contributed by atoms with Crippen LogP contribution in [0.4, 0.5) is 0 Å². The zero-order valence-electron chi connectivity index (χ0n) is 8.70. The van der Waals surface area contributed by atoms with E-state index in [0.29, 0.717) is 10.8 Å². The first-order valence-electron chi connectivity index (χ1n) is 5.07. The molecule has 0 amide bonds. The van der Waals surface area contributed by atoms with Crippen LogP contribution in [0.2, 0.25) is 0 Å². The average molecular weight is 214 g/mol. The van der Waals surface area contributed by atoms with Gasteiger partial charge in [0.1, 0.15) is 0 Å². The molecule has 0 bridgehead atoms. The van der Waals surface area contributed by atoms with Crippen molar-refractivity contribution in [3.05, 3.63) is 11.9 Å². The fourth-order valence-electron chi connectivity index (χ4n) is 2.32. The van der Waals surface area contributed by atoms with Crippen LogP contribution in [-0.2, 0) is 13.5 Å². The van der Waals surface area contributed by atoms with Gasteiger partial charge in [0.05, 0.1) is 5.69 Å². The molecule has 14 heavy (non-hydrogen) atoms. The summed E-state index contributed by atoms with van der Waals surface area (Å²) in [6, 6.07) is 0. The maximum Gasteiger partial charge on any atom is 0.0832 e. The Morgan fingerprint density at radius 1 is 1.71 bits per heavy atom. The van der Waals surface area contributed by atoms with Gasteiger partial charge in [-0.05, 0) is 31.1 Å². The van der Waals surface area contributed by atoms with Crippen LogP contribution in [0.1, 0.15) is 31.9 Å². The van der Waals surface area contributed by atoms with Crippen LogP contribution < -0.4 is 0 Å². The second-order valence-corrected chi connectivity index (χ2v) is 5.33. The van der Waals surface area contributed by atoms with E-state index in [9.17, 15) is 0 Å². The van der Waals surface area contributed by atoms with Gasteiger partial charge >= 0.3 is 0 Å². The lowest BCUT2D eigenvalue weighted by molar-refractivity contribution is 0.331. The van der Waals surface area contributed by atoms with Crippen molar-refractivity contribution < 1.29 is 0 Å². The van der Waals surface area contributed by atoms with Gasteiger partial charge < -0.3 is 0 Å². The van der Waals surface area contributed by atoms with Gasteiger partial charge in [-0.15, -0.1) is 16.7 Å². The molecule has 0 spiro atoms. The third-order valence-corrected chi connectivity index (χ3v) is 3.41. The van der Waals surface area contributed by atoms with E-state index in [1.165, 1.54) is 6.42 Å². The quantitative estimate of drug-likeness (QED) is 0.705. The molecular formula is C10H16ClN3. The molecule has 1 aliphatic rings. The Kier molecular flexibility index (Phi) is 2.52. The van der Waals surface area contributed by atoms with Crippen molar-refractivity contribution >= 4 is 11.6 Å². The number of aryl methyl sites for hydroxylation is 1. The van der Waals surface area contributed by atoms with Crippen LogP contribution in [0.25, 0.3) is 0 Å². The van der Waals surface area contributed by atoms with Crippen LogP contribution in [0, 0.1) is 5.41 Å². The monoisotopic (exact) mass is 213 g/mol. The van der Waals surface area contributed by atoms with Crippen molar-refractivity contribution in [1.82, 2.24) is 15.0 Å². The Hall–Kier alpha value is -0.570. The molecule has 2 unspecified atom stereocenters. The van der Waals surface area contributed by atoms with E-state index in [-0.39, 0.29) is 0 Å². The summed E-state index contributed by atoms with van der Waals surface area (Å²) in [6.45, 7) is 2.30. The second-order valence-electron chi connectivity index (χ2n) is 4.71. The number of alkyl halides is 1. The van der Waals surface area contributed by atoms with Gasteiger partial charge in [0.25, 0.3) is 0 Å². The lowest BCUT2D eigenvalue weighted by atomic mass is 9.84. The molecule has 1 fully saturated rings. The molecule has 1 aliphatic carbocycles. The Labute approximate surface area is 89.4 Å². The summed E-state index contributed by atoms with van der Waals surface area (Å²) in [7, 11) is 1.90. The largest absolute Gasteiger partial charge is 0.255 e. The van der Waals surface area contributed by atoms with Crippen molar-refractivity contribution in [3.8, 4) is 0 Å². The van der Waals surface area contributed by atoms with Crippen molar-refractivity contribution in [3.63, 3.8) is 0 Å². The molecule has 2 rings (SSSR count). The van der Waals surface area contributed by atoms with E-state index in [4.69, 9.17) is 11.6 Å². The molecule has 0 aromatic carbocycles. The minimum Gasteiger partial charge on any atom is -0.255 e. The Morgan fingerprint density at radius 2 is 2.50 bits per heavy atom. The molecule has 0 aliphatic heterocycles. The molecule has 0 N–H and O–H groups in total. The smallest absolute Gasteiger partial charge is 0.0832 e. The summed E-state index contributed by atoms with van der Waals surface area (Å²) >= 11 is 6.13. The molecular weight excluding hydrogens is 198 g/mol. The number of rotatable bonds is 2. The highest BCUT2D eigenvalue weighted by atomic mass is 35.5. The van der Waals surface area contributed by atoms with Crippen LogP contribution in [0.15, 0.2) is 6.20 Å². The highest BCUT2D eigenvalue weighted by Gasteiger charge is 2.34. The van der Waals surface area contributed by atoms with Gasteiger partial charge in [0.2, 0.25) is 0 Å². The molecule has 1 aromatic rings. The molecule has 1 saturated carbocycles. The topological polar surface area (TPSA) is 30.7 Å². The van der Waals surface area contributed by atoms with Crippen molar-refractivity contribution in [2.75, 3.05) is 0 Å². The highest BCUT2D eigenvalue weighted by molar-refractivity contribution is 6.20. The van der Waals surface area contributed by atoms with E-state index >= 15 is 0 Å². The second kappa shape index (κ2) is 3.54. The number of aromatic nitrogens is 3. The molecule has 1 heterocycles. The van der Waals surface area contributed by atoms with Gasteiger partial charge in [-0.3, -0.25) is 4.68 Å². The maximum absolute atomic E-state index is 6.13.